The van der Waals surface area contributed by atoms with Crippen LogP contribution in [0.3, 0.4) is 0 Å². The molecule has 0 saturated carbocycles. The van der Waals surface area contributed by atoms with Gasteiger partial charge in [-0.05, 0) is 109 Å². The average molecular weight is 819 g/mol. The van der Waals surface area contributed by atoms with E-state index in [0.717, 1.165) is 60.9 Å². The molecule has 0 aliphatic heterocycles. The summed E-state index contributed by atoms with van der Waals surface area (Å²) in [5.74, 6) is 0. The van der Waals surface area contributed by atoms with Gasteiger partial charge in [-0.15, -0.1) is 0 Å². The molecular formula is C60H38N2O2. The van der Waals surface area contributed by atoms with Crippen molar-refractivity contribution >= 4 is 104 Å². The fourth-order valence-electron chi connectivity index (χ4n) is 9.97. The van der Waals surface area contributed by atoms with Gasteiger partial charge in [-0.3, -0.25) is 0 Å². The molecule has 300 valence electrons. The number of hydrogen-bond donors (Lipinski definition) is 0. The second-order valence-corrected chi connectivity index (χ2v) is 16.4. The van der Waals surface area contributed by atoms with Crippen LogP contribution < -0.4 is 4.90 Å². The van der Waals surface area contributed by atoms with Gasteiger partial charge in [0.05, 0.1) is 22.4 Å². The lowest BCUT2D eigenvalue weighted by Gasteiger charge is -2.28. The zero-order chi connectivity index (χ0) is 42.1. The molecule has 2 aromatic heterocycles. The topological polar surface area (TPSA) is 34.5 Å². The number of hydrogen-bond acceptors (Lipinski definition) is 3. The minimum atomic E-state index is 0.650. The van der Waals surface area contributed by atoms with Crippen LogP contribution >= 0.6 is 0 Å². The maximum Gasteiger partial charge on any atom is 0.172 e. The fourth-order valence-corrected chi connectivity index (χ4v) is 9.97. The molecule has 0 saturated heterocycles. The van der Waals surface area contributed by atoms with Gasteiger partial charge in [0, 0.05) is 33.8 Å². The van der Waals surface area contributed by atoms with Gasteiger partial charge in [-0.1, -0.05) is 164 Å². The zero-order valence-corrected chi connectivity index (χ0v) is 34.7. The van der Waals surface area contributed by atoms with Crippen molar-refractivity contribution in [1.29, 1.82) is 0 Å². The fraction of sp³-hybridized carbons (Fsp3) is 0. The Morgan fingerprint density at radius 1 is 0.297 bits per heavy atom. The summed E-state index contributed by atoms with van der Waals surface area (Å²) in [6.45, 7) is 0. The molecule has 0 aliphatic rings. The Balaban J connectivity index is 1.07. The molecule has 0 spiro atoms. The van der Waals surface area contributed by atoms with Crippen LogP contribution in [0.25, 0.3) is 104 Å². The van der Waals surface area contributed by atoms with Crippen LogP contribution in [0.5, 0.6) is 0 Å². The van der Waals surface area contributed by atoms with Crippen LogP contribution in [0.15, 0.2) is 239 Å². The number of aromatic nitrogens is 1. The van der Waals surface area contributed by atoms with Crippen LogP contribution in [0, 0.1) is 0 Å². The van der Waals surface area contributed by atoms with Crippen molar-refractivity contribution in [3.63, 3.8) is 0 Å². The molecule has 0 aliphatic carbocycles. The Morgan fingerprint density at radius 2 is 0.750 bits per heavy atom. The van der Waals surface area contributed by atoms with Crippen molar-refractivity contribution in [2.24, 2.45) is 0 Å². The van der Waals surface area contributed by atoms with E-state index in [1.807, 2.05) is 6.07 Å². The Labute approximate surface area is 368 Å². The molecule has 0 atom stereocenters. The summed E-state index contributed by atoms with van der Waals surface area (Å²) in [6, 6.07) is 82.1. The Hall–Kier alpha value is -8.60. The lowest BCUT2D eigenvalue weighted by atomic mass is 9.94. The van der Waals surface area contributed by atoms with E-state index in [-0.39, 0.29) is 0 Å². The minimum Gasteiger partial charge on any atom is -0.449 e. The van der Waals surface area contributed by atoms with Crippen molar-refractivity contribution in [2.45, 2.75) is 0 Å². The minimum absolute atomic E-state index is 0.650. The van der Waals surface area contributed by atoms with E-state index in [9.17, 15) is 0 Å². The Morgan fingerprint density at radius 3 is 1.39 bits per heavy atom. The van der Waals surface area contributed by atoms with Gasteiger partial charge in [-0.25, -0.2) is 0 Å². The molecule has 4 nitrogen and oxygen atoms in total. The number of fused-ring (bicyclic) bond motifs is 13. The summed E-state index contributed by atoms with van der Waals surface area (Å²) >= 11 is 0. The number of anilines is 3. The number of para-hydroxylation sites is 3. The van der Waals surface area contributed by atoms with Gasteiger partial charge < -0.3 is 18.3 Å². The predicted molar refractivity (Wildman–Crippen MR) is 268 cm³/mol. The first-order valence-corrected chi connectivity index (χ1v) is 21.7. The maximum atomic E-state index is 7.00. The highest BCUT2D eigenvalue weighted by Crippen LogP contribution is 2.45. The molecule has 2 heterocycles. The van der Waals surface area contributed by atoms with Crippen LogP contribution in [0.4, 0.5) is 17.1 Å². The van der Waals surface area contributed by atoms with Crippen molar-refractivity contribution in [1.82, 2.24) is 4.57 Å². The molecule has 64 heavy (non-hydrogen) atoms. The highest BCUT2D eigenvalue weighted by molar-refractivity contribution is 6.27. The largest absolute Gasteiger partial charge is 0.449 e. The van der Waals surface area contributed by atoms with Crippen molar-refractivity contribution < 1.29 is 8.83 Å². The van der Waals surface area contributed by atoms with E-state index in [4.69, 9.17) is 8.83 Å². The molecule has 0 N–H and O–H groups in total. The third-order valence-electron chi connectivity index (χ3n) is 12.8. The molecule has 13 aromatic rings. The summed E-state index contributed by atoms with van der Waals surface area (Å²) < 4.78 is 16.2. The molecule has 0 fully saturated rings. The highest BCUT2D eigenvalue weighted by atomic mass is 16.4. The summed E-state index contributed by atoms with van der Waals surface area (Å²) in [4.78, 5) is 2.35. The summed E-state index contributed by atoms with van der Waals surface area (Å²) in [5, 5.41) is 11.7. The monoisotopic (exact) mass is 818 g/mol. The van der Waals surface area contributed by atoms with Crippen LogP contribution in [0.1, 0.15) is 0 Å². The third-order valence-corrected chi connectivity index (χ3v) is 12.8. The lowest BCUT2D eigenvalue weighted by molar-refractivity contribution is 0.582. The molecule has 13 rings (SSSR count). The first-order valence-electron chi connectivity index (χ1n) is 21.7. The number of rotatable bonds is 5. The van der Waals surface area contributed by atoms with E-state index in [2.05, 4.69) is 234 Å². The van der Waals surface area contributed by atoms with Gasteiger partial charge in [0.25, 0.3) is 0 Å². The zero-order valence-electron chi connectivity index (χ0n) is 34.7. The molecule has 0 amide bonds. The van der Waals surface area contributed by atoms with Gasteiger partial charge in [-0.2, -0.15) is 0 Å². The standard InChI is InChI=1S/C60H38N2O2/c1-3-17-39(18-4-1)43-21-13-15-29-54(43)61(41-31-33-51-50-28-14-16-30-55(50)62(56(51)35-41)40-19-5-2-6-20-40)42-32-34-57-58(36-42)64-60-38-53-49-27-12-10-25-47(49)45-23-8-7-22-44(45)46-24-9-11-26-48(46)52(53)37-59(60)63-57/h1-38H. The number of nitrogens with zero attached hydrogens (tertiary/aromatic N) is 2. The van der Waals surface area contributed by atoms with Gasteiger partial charge in [0.1, 0.15) is 0 Å². The number of benzene rings is 10. The summed E-state index contributed by atoms with van der Waals surface area (Å²) in [6.07, 6.45) is 0. The quantitative estimate of drug-likeness (QED) is 0.162. The smallest absolute Gasteiger partial charge is 0.172 e. The van der Waals surface area contributed by atoms with Gasteiger partial charge >= 0.3 is 0 Å². The molecule has 11 aromatic carbocycles. The Bertz CT molecular complexity index is 4030. The molecule has 0 bridgehead atoms. The van der Waals surface area contributed by atoms with E-state index in [0.29, 0.717) is 22.3 Å². The van der Waals surface area contributed by atoms with E-state index >= 15 is 0 Å². The van der Waals surface area contributed by atoms with Crippen molar-refractivity contribution in [2.75, 3.05) is 4.90 Å². The maximum absolute atomic E-state index is 7.00. The highest BCUT2D eigenvalue weighted by Gasteiger charge is 2.21. The average Bonchev–Trinajstić information content (AvgIpc) is 3.69. The SMILES string of the molecule is c1ccc(-c2ccccc2N(c2ccc3oc4cc5c6ccccc6c6ccccc6c6ccccc6c5cc4oc3c2)c2ccc3c4ccccc4n(-c4ccccc4)c3c2)cc1. The molecule has 0 unspecified atom stereocenters. The summed E-state index contributed by atoms with van der Waals surface area (Å²) in [7, 11) is 0. The van der Waals surface area contributed by atoms with Gasteiger partial charge in [0.2, 0.25) is 0 Å². The summed E-state index contributed by atoms with van der Waals surface area (Å²) in [5.41, 5.74) is 11.3. The van der Waals surface area contributed by atoms with Crippen LogP contribution in [-0.2, 0) is 0 Å². The lowest BCUT2D eigenvalue weighted by Crippen LogP contribution is -2.11. The van der Waals surface area contributed by atoms with E-state index in [1.54, 1.807) is 0 Å². The van der Waals surface area contributed by atoms with Crippen molar-refractivity contribution in [3.05, 3.63) is 231 Å². The van der Waals surface area contributed by atoms with Crippen LogP contribution in [0.2, 0.25) is 0 Å². The van der Waals surface area contributed by atoms with Crippen LogP contribution in [-0.4, -0.2) is 4.57 Å². The second kappa shape index (κ2) is 14.5. The first-order chi connectivity index (χ1) is 31.7. The Kier molecular flexibility index (Phi) is 8.18. The molecular weight excluding hydrogens is 781 g/mol. The predicted octanol–water partition coefficient (Wildman–Crippen LogP) is 17.2. The first kappa shape index (κ1) is 36.1. The normalized spacial score (nSPS) is 11.8. The third kappa shape index (κ3) is 5.70. The van der Waals surface area contributed by atoms with E-state index < -0.39 is 0 Å². The van der Waals surface area contributed by atoms with Gasteiger partial charge in [0.15, 0.2) is 22.3 Å². The molecule has 4 heteroatoms. The molecule has 0 radical (unpaired) electrons. The van der Waals surface area contributed by atoms with Crippen molar-refractivity contribution in [3.8, 4) is 16.8 Å². The van der Waals surface area contributed by atoms with E-state index in [1.165, 1.54) is 37.8 Å². The second-order valence-electron chi connectivity index (χ2n) is 16.4.